The molecule has 1 aliphatic heterocycles. The summed E-state index contributed by atoms with van der Waals surface area (Å²) in [6, 6.07) is 8.08. The quantitative estimate of drug-likeness (QED) is 0.467. The normalized spacial score (nSPS) is 22.5. The van der Waals surface area contributed by atoms with Gasteiger partial charge in [0.2, 0.25) is 0 Å². The summed E-state index contributed by atoms with van der Waals surface area (Å²) in [5.41, 5.74) is 2.68. The van der Waals surface area contributed by atoms with E-state index < -0.39 is 23.8 Å². The standard InChI is InChI=1S/C21H24O5/c1-13-11-18(25-19(13)22)24-12-17(20(23)26-21(2,3)4)16-10-9-14-7-5-6-8-15(14)16/h5-8,11-12,16,18H,9-10H2,1-4H3/b17-12+. The molecular formula is C21H24O5. The van der Waals surface area contributed by atoms with Gasteiger partial charge in [0, 0.05) is 17.6 Å². The van der Waals surface area contributed by atoms with Crippen LogP contribution >= 0.6 is 0 Å². The molecular weight excluding hydrogens is 332 g/mol. The zero-order valence-electron chi connectivity index (χ0n) is 15.6. The van der Waals surface area contributed by atoms with Crippen molar-refractivity contribution in [3.8, 4) is 0 Å². The highest BCUT2D eigenvalue weighted by Gasteiger charge is 2.33. The van der Waals surface area contributed by atoms with Crippen molar-refractivity contribution in [1.82, 2.24) is 0 Å². The van der Waals surface area contributed by atoms with Crippen LogP contribution in [-0.2, 0) is 30.2 Å². The van der Waals surface area contributed by atoms with E-state index >= 15 is 0 Å². The monoisotopic (exact) mass is 356 g/mol. The maximum Gasteiger partial charge on any atom is 0.338 e. The maximum absolute atomic E-state index is 12.8. The molecule has 5 nitrogen and oxygen atoms in total. The fourth-order valence-corrected chi connectivity index (χ4v) is 3.20. The van der Waals surface area contributed by atoms with Crippen LogP contribution in [0.15, 0.2) is 47.7 Å². The number of ether oxygens (including phenoxy) is 3. The van der Waals surface area contributed by atoms with Crippen molar-refractivity contribution in [2.45, 2.75) is 58.3 Å². The van der Waals surface area contributed by atoms with Gasteiger partial charge in [0.15, 0.2) is 0 Å². The Hall–Kier alpha value is -2.56. The highest BCUT2D eigenvalue weighted by molar-refractivity contribution is 5.91. The Morgan fingerprint density at radius 3 is 2.65 bits per heavy atom. The van der Waals surface area contributed by atoms with Crippen molar-refractivity contribution in [2.24, 2.45) is 0 Å². The Bertz CT molecular complexity index is 782. The summed E-state index contributed by atoms with van der Waals surface area (Å²) in [7, 11) is 0. The summed E-state index contributed by atoms with van der Waals surface area (Å²) in [5, 5.41) is 0. The van der Waals surface area contributed by atoms with E-state index in [0.29, 0.717) is 11.1 Å². The second-order valence-corrected chi connectivity index (χ2v) is 7.62. The molecule has 0 spiro atoms. The number of hydrogen-bond donors (Lipinski definition) is 0. The predicted molar refractivity (Wildman–Crippen MR) is 96.2 cm³/mol. The van der Waals surface area contributed by atoms with Gasteiger partial charge >= 0.3 is 11.9 Å². The molecule has 0 fully saturated rings. The molecule has 1 aliphatic carbocycles. The summed E-state index contributed by atoms with van der Waals surface area (Å²) in [4.78, 5) is 24.3. The lowest BCUT2D eigenvalue weighted by Gasteiger charge is -2.23. The minimum Gasteiger partial charge on any atom is -0.458 e. The predicted octanol–water partition coefficient (Wildman–Crippen LogP) is 3.79. The summed E-state index contributed by atoms with van der Waals surface area (Å²) in [6.07, 6.45) is 3.89. The summed E-state index contributed by atoms with van der Waals surface area (Å²) < 4.78 is 16.2. The fourth-order valence-electron chi connectivity index (χ4n) is 3.20. The fraction of sp³-hybridized carbons (Fsp3) is 0.429. The largest absolute Gasteiger partial charge is 0.458 e. The van der Waals surface area contributed by atoms with E-state index in [-0.39, 0.29) is 5.92 Å². The summed E-state index contributed by atoms with van der Waals surface area (Å²) in [6.45, 7) is 7.15. The zero-order chi connectivity index (χ0) is 18.9. The third kappa shape index (κ3) is 3.98. The molecule has 0 N–H and O–H groups in total. The van der Waals surface area contributed by atoms with Gasteiger partial charge < -0.3 is 14.2 Å². The Labute approximate surface area is 153 Å². The van der Waals surface area contributed by atoms with Gasteiger partial charge in [-0.1, -0.05) is 24.3 Å². The van der Waals surface area contributed by atoms with Crippen molar-refractivity contribution in [3.63, 3.8) is 0 Å². The van der Waals surface area contributed by atoms with Crippen LogP contribution in [0.3, 0.4) is 0 Å². The molecule has 0 bridgehead atoms. The molecule has 1 heterocycles. The Kier molecular flexibility index (Phi) is 4.90. The topological polar surface area (TPSA) is 61.8 Å². The molecule has 0 radical (unpaired) electrons. The minimum atomic E-state index is -0.809. The lowest BCUT2D eigenvalue weighted by molar-refractivity contribution is -0.152. The van der Waals surface area contributed by atoms with Crippen LogP contribution in [0.25, 0.3) is 0 Å². The lowest BCUT2D eigenvalue weighted by atomic mass is 9.93. The van der Waals surface area contributed by atoms with Crippen LogP contribution in [0, 0.1) is 0 Å². The summed E-state index contributed by atoms with van der Waals surface area (Å²) in [5.74, 6) is -0.916. The smallest absolute Gasteiger partial charge is 0.338 e. The van der Waals surface area contributed by atoms with Gasteiger partial charge in [-0.05, 0) is 51.7 Å². The molecule has 0 saturated carbocycles. The third-order valence-corrected chi connectivity index (χ3v) is 4.40. The van der Waals surface area contributed by atoms with Gasteiger partial charge in [-0.2, -0.15) is 0 Å². The molecule has 2 atom stereocenters. The van der Waals surface area contributed by atoms with E-state index in [4.69, 9.17) is 14.2 Å². The van der Waals surface area contributed by atoms with Crippen LogP contribution in [0.5, 0.6) is 0 Å². The average Bonchev–Trinajstić information content (AvgIpc) is 3.10. The Balaban J connectivity index is 1.86. The molecule has 2 unspecified atom stereocenters. The number of esters is 2. The Morgan fingerprint density at radius 1 is 1.27 bits per heavy atom. The van der Waals surface area contributed by atoms with Gasteiger partial charge in [-0.15, -0.1) is 0 Å². The number of aryl methyl sites for hydroxylation is 1. The van der Waals surface area contributed by atoms with E-state index in [2.05, 4.69) is 6.07 Å². The van der Waals surface area contributed by atoms with Crippen LogP contribution in [-0.4, -0.2) is 23.8 Å². The van der Waals surface area contributed by atoms with Crippen LogP contribution in [0.4, 0.5) is 0 Å². The molecule has 2 aliphatic rings. The SMILES string of the molecule is CC1=CC(O/C=C(/C(=O)OC(C)(C)C)C2CCc3ccccc32)OC1=O. The van der Waals surface area contributed by atoms with Crippen LogP contribution in [0.2, 0.25) is 0 Å². The molecule has 0 aromatic heterocycles. The van der Waals surface area contributed by atoms with Gasteiger partial charge in [0.25, 0.3) is 6.29 Å². The highest BCUT2D eigenvalue weighted by atomic mass is 16.7. The van der Waals surface area contributed by atoms with E-state index in [1.54, 1.807) is 13.0 Å². The van der Waals surface area contributed by atoms with E-state index in [0.717, 1.165) is 18.4 Å². The molecule has 5 heteroatoms. The number of cyclic esters (lactones) is 1. The number of carbonyl (C=O) groups is 2. The first-order valence-corrected chi connectivity index (χ1v) is 8.80. The van der Waals surface area contributed by atoms with E-state index in [9.17, 15) is 9.59 Å². The van der Waals surface area contributed by atoms with Crippen molar-refractivity contribution >= 4 is 11.9 Å². The van der Waals surface area contributed by atoms with Gasteiger partial charge in [0.05, 0.1) is 11.8 Å². The summed E-state index contributed by atoms with van der Waals surface area (Å²) >= 11 is 0. The van der Waals surface area contributed by atoms with Gasteiger partial charge in [0.1, 0.15) is 5.60 Å². The molecule has 0 saturated heterocycles. The molecule has 1 aromatic rings. The maximum atomic E-state index is 12.8. The second kappa shape index (κ2) is 6.98. The number of hydrogen-bond acceptors (Lipinski definition) is 5. The van der Waals surface area contributed by atoms with Crippen molar-refractivity contribution in [2.75, 3.05) is 0 Å². The number of carbonyl (C=O) groups excluding carboxylic acids is 2. The first-order valence-electron chi connectivity index (χ1n) is 8.80. The van der Waals surface area contributed by atoms with Crippen molar-refractivity contribution in [3.05, 3.63) is 58.9 Å². The molecule has 138 valence electrons. The average molecular weight is 356 g/mol. The number of benzene rings is 1. The third-order valence-electron chi connectivity index (χ3n) is 4.40. The minimum absolute atomic E-state index is 0.0942. The molecule has 26 heavy (non-hydrogen) atoms. The second-order valence-electron chi connectivity index (χ2n) is 7.62. The van der Waals surface area contributed by atoms with Crippen molar-refractivity contribution in [1.29, 1.82) is 0 Å². The molecule has 0 amide bonds. The van der Waals surface area contributed by atoms with E-state index in [1.807, 2.05) is 39.0 Å². The first kappa shape index (κ1) is 18.2. The van der Waals surface area contributed by atoms with Crippen molar-refractivity contribution < 1.29 is 23.8 Å². The molecule has 1 aromatic carbocycles. The van der Waals surface area contributed by atoms with Crippen LogP contribution in [0.1, 0.15) is 51.2 Å². The first-order chi connectivity index (χ1) is 12.2. The lowest BCUT2D eigenvalue weighted by Crippen LogP contribution is -2.26. The van der Waals surface area contributed by atoms with Crippen LogP contribution < -0.4 is 0 Å². The zero-order valence-corrected chi connectivity index (χ0v) is 15.6. The Morgan fingerprint density at radius 2 is 2.00 bits per heavy atom. The number of rotatable bonds is 4. The van der Waals surface area contributed by atoms with Gasteiger partial charge in [-0.25, -0.2) is 9.59 Å². The van der Waals surface area contributed by atoms with E-state index in [1.165, 1.54) is 11.8 Å². The van der Waals surface area contributed by atoms with Gasteiger partial charge in [-0.3, -0.25) is 0 Å². The highest BCUT2D eigenvalue weighted by Crippen LogP contribution is 2.39. The molecule has 3 rings (SSSR count). The number of fused-ring (bicyclic) bond motifs is 1.